The summed E-state index contributed by atoms with van der Waals surface area (Å²) in [6, 6.07) is 3.93. The molecule has 1 heterocycles. The summed E-state index contributed by atoms with van der Waals surface area (Å²) < 4.78 is 26.1. The smallest absolute Gasteiger partial charge is 0.254 e. The van der Waals surface area contributed by atoms with Gasteiger partial charge >= 0.3 is 0 Å². The van der Waals surface area contributed by atoms with Crippen LogP contribution in [0.4, 0.5) is 8.78 Å². The molecule has 1 atom stereocenters. The zero-order valence-corrected chi connectivity index (χ0v) is 12.2. The van der Waals surface area contributed by atoms with Crippen LogP contribution in [0.3, 0.4) is 0 Å². The molecule has 1 saturated heterocycles. The molecule has 0 aromatic heterocycles. The number of piperazine rings is 1. The molecular formula is C16H20F2N2O. The number of halogens is 2. The molecule has 5 heteroatoms. The zero-order chi connectivity index (χ0) is 15.0. The first-order chi connectivity index (χ1) is 10.1. The molecule has 2 aliphatic rings. The topological polar surface area (TPSA) is 23.6 Å². The van der Waals surface area contributed by atoms with Crippen molar-refractivity contribution in [1.29, 1.82) is 0 Å². The second-order valence-electron chi connectivity index (χ2n) is 6.04. The van der Waals surface area contributed by atoms with E-state index in [0.717, 1.165) is 31.1 Å². The number of benzene rings is 1. The van der Waals surface area contributed by atoms with E-state index in [2.05, 4.69) is 11.8 Å². The third-order valence-electron chi connectivity index (χ3n) is 4.65. The molecular weight excluding hydrogens is 274 g/mol. The molecule has 0 spiro atoms. The van der Waals surface area contributed by atoms with Gasteiger partial charge in [-0.05, 0) is 43.9 Å². The van der Waals surface area contributed by atoms with Crippen LogP contribution in [0, 0.1) is 17.6 Å². The zero-order valence-electron chi connectivity index (χ0n) is 12.2. The second kappa shape index (κ2) is 5.72. The summed E-state index contributed by atoms with van der Waals surface area (Å²) in [5.41, 5.74) is 0.220. The number of carbonyl (C=O) groups excluding carboxylic acids is 1. The Hall–Kier alpha value is -1.49. The van der Waals surface area contributed by atoms with Crippen LogP contribution in [0.2, 0.25) is 0 Å². The van der Waals surface area contributed by atoms with Gasteiger partial charge in [-0.3, -0.25) is 9.69 Å². The van der Waals surface area contributed by atoms with Gasteiger partial charge in [0.15, 0.2) is 11.6 Å². The van der Waals surface area contributed by atoms with Crippen molar-refractivity contribution < 1.29 is 13.6 Å². The molecule has 3 nitrogen and oxygen atoms in total. The van der Waals surface area contributed by atoms with Crippen molar-refractivity contribution in [3.8, 4) is 0 Å². The predicted octanol–water partition coefficient (Wildman–Crippen LogP) is 2.52. The SMILES string of the molecule is CC(C1CC1)N1CCN(C(=O)c2ccc(F)c(F)c2)CC1. The van der Waals surface area contributed by atoms with E-state index in [9.17, 15) is 13.6 Å². The highest BCUT2D eigenvalue weighted by Crippen LogP contribution is 2.35. The number of amides is 1. The quantitative estimate of drug-likeness (QED) is 0.855. The third-order valence-corrected chi connectivity index (χ3v) is 4.65. The Bertz CT molecular complexity index is 537. The number of carbonyl (C=O) groups is 1. The first kappa shape index (κ1) is 14.4. The molecule has 21 heavy (non-hydrogen) atoms. The minimum absolute atomic E-state index is 0.215. The average molecular weight is 294 g/mol. The highest BCUT2D eigenvalue weighted by molar-refractivity contribution is 5.94. The fourth-order valence-electron chi connectivity index (χ4n) is 3.02. The highest BCUT2D eigenvalue weighted by atomic mass is 19.2. The van der Waals surface area contributed by atoms with E-state index >= 15 is 0 Å². The standard InChI is InChI=1S/C16H20F2N2O/c1-11(12-2-3-12)19-6-8-20(9-7-19)16(21)13-4-5-14(17)15(18)10-13/h4-5,10-12H,2-3,6-9H2,1H3. The monoisotopic (exact) mass is 294 g/mol. The van der Waals surface area contributed by atoms with Crippen molar-refractivity contribution in [2.45, 2.75) is 25.8 Å². The maximum Gasteiger partial charge on any atom is 0.254 e. The van der Waals surface area contributed by atoms with Crippen LogP contribution >= 0.6 is 0 Å². The molecule has 114 valence electrons. The van der Waals surface area contributed by atoms with Gasteiger partial charge in [-0.2, -0.15) is 0 Å². The van der Waals surface area contributed by atoms with E-state index in [1.807, 2.05) is 0 Å². The van der Waals surface area contributed by atoms with Crippen LogP contribution in [-0.4, -0.2) is 47.9 Å². The summed E-state index contributed by atoms with van der Waals surface area (Å²) in [6.45, 7) is 5.26. The molecule has 0 radical (unpaired) electrons. The predicted molar refractivity (Wildman–Crippen MR) is 76.0 cm³/mol. The maximum absolute atomic E-state index is 13.2. The molecule has 3 rings (SSSR count). The molecule has 1 saturated carbocycles. The summed E-state index contributed by atoms with van der Waals surface area (Å²) in [7, 11) is 0. The van der Waals surface area contributed by atoms with Gasteiger partial charge in [0.05, 0.1) is 0 Å². The molecule has 1 amide bonds. The molecule has 1 aliphatic heterocycles. The molecule has 0 N–H and O–H groups in total. The minimum atomic E-state index is -0.971. The fourth-order valence-corrected chi connectivity index (χ4v) is 3.02. The number of hydrogen-bond acceptors (Lipinski definition) is 2. The Kier molecular flexibility index (Phi) is 3.93. The Morgan fingerprint density at radius 2 is 1.81 bits per heavy atom. The average Bonchev–Trinajstić information content (AvgIpc) is 3.33. The fraction of sp³-hybridized carbons (Fsp3) is 0.562. The minimum Gasteiger partial charge on any atom is -0.336 e. The Morgan fingerprint density at radius 1 is 1.14 bits per heavy atom. The van der Waals surface area contributed by atoms with Crippen LogP contribution < -0.4 is 0 Å². The van der Waals surface area contributed by atoms with Crippen molar-refractivity contribution in [3.05, 3.63) is 35.4 Å². The van der Waals surface area contributed by atoms with Gasteiger partial charge in [-0.25, -0.2) is 8.78 Å². The van der Waals surface area contributed by atoms with Crippen molar-refractivity contribution in [2.75, 3.05) is 26.2 Å². The molecule has 0 bridgehead atoms. The summed E-state index contributed by atoms with van der Waals surface area (Å²) in [4.78, 5) is 16.5. The van der Waals surface area contributed by atoms with E-state index in [1.54, 1.807) is 4.90 Å². The largest absolute Gasteiger partial charge is 0.336 e. The second-order valence-corrected chi connectivity index (χ2v) is 6.04. The van der Waals surface area contributed by atoms with Crippen molar-refractivity contribution >= 4 is 5.91 Å². The summed E-state index contributed by atoms with van der Waals surface area (Å²) in [5, 5.41) is 0. The Labute approximate surface area is 123 Å². The van der Waals surface area contributed by atoms with Gasteiger partial charge in [-0.1, -0.05) is 0 Å². The van der Waals surface area contributed by atoms with Crippen LogP contribution in [0.25, 0.3) is 0 Å². The van der Waals surface area contributed by atoms with Gasteiger partial charge < -0.3 is 4.90 Å². The van der Waals surface area contributed by atoms with Gasteiger partial charge in [0, 0.05) is 37.8 Å². The lowest BCUT2D eigenvalue weighted by molar-refractivity contribution is 0.0563. The molecule has 1 aromatic carbocycles. The van der Waals surface area contributed by atoms with Gasteiger partial charge in [0.25, 0.3) is 5.91 Å². The van der Waals surface area contributed by atoms with E-state index in [4.69, 9.17) is 0 Å². The van der Waals surface area contributed by atoms with Crippen molar-refractivity contribution in [2.24, 2.45) is 5.92 Å². The van der Waals surface area contributed by atoms with Gasteiger partial charge in [-0.15, -0.1) is 0 Å². The first-order valence-electron chi connectivity index (χ1n) is 7.54. The Balaban J connectivity index is 1.60. The van der Waals surface area contributed by atoms with Crippen LogP contribution in [0.1, 0.15) is 30.1 Å². The van der Waals surface area contributed by atoms with E-state index in [-0.39, 0.29) is 11.5 Å². The highest BCUT2D eigenvalue weighted by Gasteiger charge is 2.34. The number of hydrogen-bond donors (Lipinski definition) is 0. The van der Waals surface area contributed by atoms with Crippen LogP contribution in [0.15, 0.2) is 18.2 Å². The van der Waals surface area contributed by atoms with E-state index in [1.165, 1.54) is 18.9 Å². The van der Waals surface area contributed by atoms with E-state index in [0.29, 0.717) is 19.1 Å². The number of rotatable bonds is 3. The van der Waals surface area contributed by atoms with Crippen LogP contribution in [0.5, 0.6) is 0 Å². The first-order valence-corrected chi connectivity index (χ1v) is 7.54. The Morgan fingerprint density at radius 3 is 2.38 bits per heavy atom. The van der Waals surface area contributed by atoms with Crippen LogP contribution in [-0.2, 0) is 0 Å². The maximum atomic E-state index is 13.2. The lowest BCUT2D eigenvalue weighted by atomic mass is 10.1. The summed E-state index contributed by atoms with van der Waals surface area (Å²) >= 11 is 0. The summed E-state index contributed by atoms with van der Waals surface area (Å²) in [6.07, 6.45) is 2.63. The lowest BCUT2D eigenvalue weighted by Gasteiger charge is -2.38. The molecule has 1 unspecified atom stereocenters. The lowest BCUT2D eigenvalue weighted by Crippen LogP contribution is -2.51. The third kappa shape index (κ3) is 3.07. The van der Waals surface area contributed by atoms with Crippen molar-refractivity contribution in [1.82, 2.24) is 9.80 Å². The molecule has 1 aliphatic carbocycles. The van der Waals surface area contributed by atoms with Gasteiger partial charge in [0.2, 0.25) is 0 Å². The van der Waals surface area contributed by atoms with Crippen molar-refractivity contribution in [3.63, 3.8) is 0 Å². The van der Waals surface area contributed by atoms with E-state index < -0.39 is 11.6 Å². The molecule has 2 fully saturated rings. The number of nitrogens with zero attached hydrogens (tertiary/aromatic N) is 2. The van der Waals surface area contributed by atoms with Gasteiger partial charge in [0.1, 0.15) is 0 Å². The molecule has 1 aromatic rings. The summed E-state index contributed by atoms with van der Waals surface area (Å²) in [5.74, 6) is -1.29. The normalized spacial score (nSPS) is 21.4.